The van der Waals surface area contributed by atoms with Crippen LogP contribution in [0.2, 0.25) is 0 Å². The standard InChI is InChI=1S/C28H29NO4/c1-2-32-27(28(30)31)20-21-12-16-24(17-13-21)33-19-7-18-29-25-10-5-3-8-22(25)14-15-23-9-4-6-11-26(23)29/h3-6,8-17,27H,2,7,18-20H2,1H3,(H,30,31). The summed E-state index contributed by atoms with van der Waals surface area (Å²) < 4.78 is 11.3. The minimum atomic E-state index is -0.941. The van der Waals surface area contributed by atoms with E-state index in [4.69, 9.17) is 9.47 Å². The summed E-state index contributed by atoms with van der Waals surface area (Å²) in [4.78, 5) is 13.6. The lowest BCUT2D eigenvalue weighted by molar-refractivity contribution is -0.149. The molecule has 1 aliphatic rings. The molecule has 4 rings (SSSR count). The fourth-order valence-corrected chi connectivity index (χ4v) is 4.07. The second kappa shape index (κ2) is 10.8. The van der Waals surface area contributed by atoms with Crippen molar-refractivity contribution in [1.82, 2.24) is 0 Å². The highest BCUT2D eigenvalue weighted by Crippen LogP contribution is 2.36. The molecule has 3 aromatic carbocycles. The zero-order chi connectivity index (χ0) is 23.0. The van der Waals surface area contributed by atoms with Gasteiger partial charge in [0.1, 0.15) is 5.75 Å². The molecule has 1 heterocycles. The number of nitrogens with zero attached hydrogens (tertiary/aromatic N) is 1. The normalized spacial score (nSPS) is 13.1. The molecule has 0 aromatic heterocycles. The topological polar surface area (TPSA) is 59.0 Å². The summed E-state index contributed by atoms with van der Waals surface area (Å²) >= 11 is 0. The molecule has 1 N–H and O–H groups in total. The monoisotopic (exact) mass is 443 g/mol. The van der Waals surface area contributed by atoms with Gasteiger partial charge in [-0.05, 0) is 54.3 Å². The van der Waals surface area contributed by atoms with Crippen molar-refractivity contribution in [1.29, 1.82) is 0 Å². The van der Waals surface area contributed by atoms with E-state index in [1.54, 1.807) is 6.92 Å². The quantitative estimate of drug-likeness (QED) is 0.401. The molecule has 0 saturated carbocycles. The summed E-state index contributed by atoms with van der Waals surface area (Å²) in [5.41, 5.74) is 5.72. The number of aliphatic carboxylic acids is 1. The molecule has 0 amide bonds. The van der Waals surface area contributed by atoms with Gasteiger partial charge in [0.15, 0.2) is 6.10 Å². The lowest BCUT2D eigenvalue weighted by Crippen LogP contribution is -2.26. The zero-order valence-electron chi connectivity index (χ0n) is 18.8. The number of hydrogen-bond acceptors (Lipinski definition) is 4. The van der Waals surface area contributed by atoms with Crippen LogP contribution < -0.4 is 9.64 Å². The Balaban J connectivity index is 1.36. The van der Waals surface area contributed by atoms with Gasteiger partial charge in [-0.25, -0.2) is 4.79 Å². The molecule has 0 spiro atoms. The van der Waals surface area contributed by atoms with E-state index in [0.717, 1.165) is 24.3 Å². The number of carboxylic acid groups (broad SMARTS) is 1. The lowest BCUT2D eigenvalue weighted by Gasteiger charge is -2.27. The van der Waals surface area contributed by atoms with Crippen LogP contribution in [0.25, 0.3) is 12.2 Å². The molecule has 1 unspecified atom stereocenters. The van der Waals surface area contributed by atoms with Crippen LogP contribution in [0, 0.1) is 0 Å². The SMILES string of the molecule is CCOC(Cc1ccc(OCCCN2c3ccccc3C=Cc3ccccc32)cc1)C(=O)O. The van der Waals surface area contributed by atoms with Crippen LogP contribution in [0.3, 0.4) is 0 Å². The fourth-order valence-electron chi connectivity index (χ4n) is 4.07. The Morgan fingerprint density at radius 1 is 0.909 bits per heavy atom. The van der Waals surface area contributed by atoms with Crippen molar-refractivity contribution in [2.45, 2.75) is 25.9 Å². The van der Waals surface area contributed by atoms with Gasteiger partial charge in [0.25, 0.3) is 0 Å². The van der Waals surface area contributed by atoms with E-state index in [0.29, 0.717) is 19.6 Å². The first-order valence-electron chi connectivity index (χ1n) is 11.4. The third-order valence-electron chi connectivity index (χ3n) is 5.68. The van der Waals surface area contributed by atoms with Crippen LogP contribution >= 0.6 is 0 Å². The average Bonchev–Trinajstić information content (AvgIpc) is 2.99. The Kier molecular flexibility index (Phi) is 7.43. The molecule has 0 fully saturated rings. The fraction of sp³-hybridized carbons (Fsp3) is 0.250. The van der Waals surface area contributed by atoms with Crippen LogP contribution in [-0.4, -0.2) is 36.9 Å². The highest BCUT2D eigenvalue weighted by Gasteiger charge is 2.18. The smallest absolute Gasteiger partial charge is 0.333 e. The molecule has 1 aliphatic heterocycles. The summed E-state index contributed by atoms with van der Waals surface area (Å²) in [7, 11) is 0. The molecule has 0 saturated heterocycles. The highest BCUT2D eigenvalue weighted by atomic mass is 16.5. The van der Waals surface area contributed by atoms with E-state index in [-0.39, 0.29) is 0 Å². The maximum Gasteiger partial charge on any atom is 0.333 e. The van der Waals surface area contributed by atoms with Gasteiger partial charge in [0, 0.05) is 30.9 Å². The first kappa shape index (κ1) is 22.6. The third kappa shape index (κ3) is 5.62. The molecule has 1 atom stereocenters. The first-order chi connectivity index (χ1) is 16.2. The summed E-state index contributed by atoms with van der Waals surface area (Å²) in [6.07, 6.45) is 4.72. The molecule has 0 aliphatic carbocycles. The lowest BCUT2D eigenvalue weighted by atomic mass is 10.1. The van der Waals surface area contributed by atoms with Crippen molar-refractivity contribution in [2.24, 2.45) is 0 Å². The number of carbonyl (C=O) groups is 1. The minimum Gasteiger partial charge on any atom is -0.494 e. The van der Waals surface area contributed by atoms with E-state index in [1.165, 1.54) is 22.5 Å². The summed E-state index contributed by atoms with van der Waals surface area (Å²) in [6.45, 7) is 3.60. The summed E-state index contributed by atoms with van der Waals surface area (Å²) in [5.74, 6) is -0.163. The molecule has 0 radical (unpaired) electrons. The van der Waals surface area contributed by atoms with Crippen LogP contribution in [0.1, 0.15) is 30.0 Å². The van der Waals surface area contributed by atoms with Crippen molar-refractivity contribution in [3.05, 3.63) is 89.5 Å². The van der Waals surface area contributed by atoms with E-state index >= 15 is 0 Å². The second-order valence-corrected chi connectivity index (χ2v) is 7.93. The predicted octanol–water partition coefficient (Wildman–Crippen LogP) is 5.81. The maximum absolute atomic E-state index is 11.3. The highest BCUT2D eigenvalue weighted by molar-refractivity contribution is 5.88. The van der Waals surface area contributed by atoms with Crippen LogP contribution in [-0.2, 0) is 16.0 Å². The largest absolute Gasteiger partial charge is 0.494 e. The molecular weight excluding hydrogens is 414 g/mol. The predicted molar refractivity (Wildman–Crippen MR) is 132 cm³/mol. The van der Waals surface area contributed by atoms with Crippen LogP contribution in [0.5, 0.6) is 5.75 Å². The number of rotatable bonds is 10. The van der Waals surface area contributed by atoms with Gasteiger partial charge in [-0.1, -0.05) is 60.7 Å². The number of hydrogen-bond donors (Lipinski definition) is 1. The molecule has 170 valence electrons. The Labute approximate surface area is 194 Å². The number of anilines is 2. The molecule has 0 bridgehead atoms. The Morgan fingerprint density at radius 2 is 1.52 bits per heavy atom. The molecule has 33 heavy (non-hydrogen) atoms. The summed E-state index contributed by atoms with van der Waals surface area (Å²) in [5, 5.41) is 9.25. The van der Waals surface area contributed by atoms with Gasteiger partial charge < -0.3 is 19.5 Å². The first-order valence-corrected chi connectivity index (χ1v) is 11.4. The summed E-state index contributed by atoms with van der Waals surface area (Å²) in [6, 6.07) is 24.5. The Morgan fingerprint density at radius 3 is 2.09 bits per heavy atom. The van der Waals surface area contributed by atoms with Crippen molar-refractivity contribution < 1.29 is 19.4 Å². The van der Waals surface area contributed by atoms with Crippen LogP contribution in [0.4, 0.5) is 11.4 Å². The van der Waals surface area contributed by atoms with E-state index in [9.17, 15) is 9.90 Å². The number of fused-ring (bicyclic) bond motifs is 2. The Hall–Kier alpha value is -3.57. The minimum absolute atomic E-state index is 0.339. The van der Waals surface area contributed by atoms with E-state index in [1.807, 2.05) is 24.3 Å². The molecule has 5 nitrogen and oxygen atoms in total. The van der Waals surface area contributed by atoms with Gasteiger partial charge >= 0.3 is 5.97 Å². The van der Waals surface area contributed by atoms with Crippen molar-refractivity contribution in [3.63, 3.8) is 0 Å². The second-order valence-electron chi connectivity index (χ2n) is 7.93. The van der Waals surface area contributed by atoms with Gasteiger partial charge in [0.05, 0.1) is 6.61 Å². The van der Waals surface area contributed by atoms with Gasteiger partial charge in [0.2, 0.25) is 0 Å². The third-order valence-corrected chi connectivity index (χ3v) is 5.68. The van der Waals surface area contributed by atoms with Crippen molar-refractivity contribution in [3.8, 4) is 5.75 Å². The number of carboxylic acids is 1. The number of ether oxygens (including phenoxy) is 2. The zero-order valence-corrected chi connectivity index (χ0v) is 18.8. The van der Waals surface area contributed by atoms with E-state index in [2.05, 4.69) is 65.6 Å². The molecular formula is C28H29NO4. The Bertz CT molecular complexity index is 1060. The van der Waals surface area contributed by atoms with Crippen LogP contribution in [0.15, 0.2) is 72.8 Å². The van der Waals surface area contributed by atoms with Gasteiger partial charge in [-0.15, -0.1) is 0 Å². The number of benzene rings is 3. The molecule has 5 heteroatoms. The average molecular weight is 444 g/mol. The van der Waals surface area contributed by atoms with Gasteiger partial charge in [-0.3, -0.25) is 0 Å². The van der Waals surface area contributed by atoms with Crippen molar-refractivity contribution >= 4 is 29.5 Å². The number of para-hydroxylation sites is 2. The van der Waals surface area contributed by atoms with Crippen molar-refractivity contribution in [2.75, 3.05) is 24.7 Å². The van der Waals surface area contributed by atoms with E-state index < -0.39 is 12.1 Å². The molecule has 3 aromatic rings. The maximum atomic E-state index is 11.3. The van der Waals surface area contributed by atoms with Gasteiger partial charge in [-0.2, -0.15) is 0 Å².